The van der Waals surface area contributed by atoms with E-state index >= 15 is 0 Å². The van der Waals surface area contributed by atoms with E-state index in [1.54, 1.807) is 44.3 Å². The van der Waals surface area contributed by atoms with E-state index in [0.29, 0.717) is 22.6 Å². The van der Waals surface area contributed by atoms with Crippen molar-refractivity contribution in [3.63, 3.8) is 0 Å². The molecular formula is C20H23NO4. The first-order chi connectivity index (χ1) is 11.9. The molecule has 0 spiro atoms. The predicted molar refractivity (Wildman–Crippen MR) is 96.6 cm³/mol. The maximum atomic E-state index is 12.8. The van der Waals surface area contributed by atoms with Gasteiger partial charge in [-0.15, -0.1) is 0 Å². The van der Waals surface area contributed by atoms with Crippen molar-refractivity contribution < 1.29 is 19.1 Å². The van der Waals surface area contributed by atoms with Gasteiger partial charge in [0.2, 0.25) is 0 Å². The van der Waals surface area contributed by atoms with Crippen LogP contribution in [-0.2, 0) is 0 Å². The fraction of sp³-hybridized carbons (Fsp3) is 0.300. The third-order valence-electron chi connectivity index (χ3n) is 4.22. The van der Waals surface area contributed by atoms with Crippen LogP contribution in [0.4, 0.5) is 0 Å². The van der Waals surface area contributed by atoms with Crippen molar-refractivity contribution in [2.24, 2.45) is 0 Å². The van der Waals surface area contributed by atoms with Crippen LogP contribution in [0.1, 0.15) is 33.2 Å². The van der Waals surface area contributed by atoms with Crippen LogP contribution in [0.3, 0.4) is 0 Å². The van der Waals surface area contributed by atoms with Crippen molar-refractivity contribution in [2.75, 3.05) is 21.3 Å². The van der Waals surface area contributed by atoms with Crippen molar-refractivity contribution in [3.8, 4) is 11.5 Å². The van der Waals surface area contributed by atoms with E-state index in [1.807, 2.05) is 19.1 Å². The molecule has 0 radical (unpaired) electrons. The number of ketones is 1. The summed E-state index contributed by atoms with van der Waals surface area (Å²) in [6.45, 7) is 3.68. The van der Waals surface area contributed by atoms with Gasteiger partial charge in [-0.1, -0.05) is 29.8 Å². The number of methoxy groups -OCH3 is 2. The molecule has 1 unspecified atom stereocenters. The van der Waals surface area contributed by atoms with E-state index in [1.165, 1.54) is 19.1 Å². The molecular weight excluding hydrogens is 318 g/mol. The molecule has 0 fully saturated rings. The topological polar surface area (TPSA) is 55.8 Å². The minimum Gasteiger partial charge on any atom is -0.497 e. The van der Waals surface area contributed by atoms with Gasteiger partial charge in [-0.25, -0.2) is 0 Å². The van der Waals surface area contributed by atoms with Crippen LogP contribution in [0.2, 0.25) is 0 Å². The molecule has 0 aliphatic carbocycles. The van der Waals surface area contributed by atoms with Gasteiger partial charge in [0.25, 0.3) is 5.91 Å². The Hall–Kier alpha value is -2.82. The molecule has 1 amide bonds. The molecule has 132 valence electrons. The molecule has 0 N–H and O–H groups in total. The predicted octanol–water partition coefficient (Wildman–Crippen LogP) is 3.36. The minimum absolute atomic E-state index is 0.106. The molecule has 0 saturated heterocycles. The SMILES string of the molecule is COc1cc(OC)cc(C(=O)N(C)C(C)C(=O)c2ccc(C)cc2)c1. The molecule has 0 aliphatic rings. The summed E-state index contributed by atoms with van der Waals surface area (Å²) < 4.78 is 10.4. The number of Topliss-reactive ketones (excluding diaryl/α,β-unsaturated/α-hetero) is 1. The Morgan fingerprint density at radius 2 is 1.44 bits per heavy atom. The molecule has 2 aromatic rings. The first-order valence-corrected chi connectivity index (χ1v) is 7.98. The summed E-state index contributed by atoms with van der Waals surface area (Å²) >= 11 is 0. The Bertz CT molecular complexity index is 746. The Labute approximate surface area is 148 Å². The molecule has 0 bridgehead atoms. The lowest BCUT2D eigenvalue weighted by molar-refractivity contribution is 0.0674. The monoisotopic (exact) mass is 341 g/mol. The highest BCUT2D eigenvalue weighted by molar-refractivity contribution is 6.04. The minimum atomic E-state index is -0.590. The van der Waals surface area contributed by atoms with Crippen molar-refractivity contribution in [1.29, 1.82) is 0 Å². The van der Waals surface area contributed by atoms with Gasteiger partial charge in [-0.05, 0) is 26.0 Å². The van der Waals surface area contributed by atoms with Crippen LogP contribution in [0.5, 0.6) is 11.5 Å². The highest BCUT2D eigenvalue weighted by Crippen LogP contribution is 2.24. The van der Waals surface area contributed by atoms with Crippen molar-refractivity contribution in [3.05, 3.63) is 59.2 Å². The number of ether oxygens (including phenoxy) is 2. The van der Waals surface area contributed by atoms with Gasteiger partial charge in [0.05, 0.1) is 20.3 Å². The summed E-state index contributed by atoms with van der Waals surface area (Å²) in [6.07, 6.45) is 0. The number of carbonyl (C=O) groups excluding carboxylic acids is 2. The van der Waals surface area contributed by atoms with Crippen LogP contribution >= 0.6 is 0 Å². The Morgan fingerprint density at radius 1 is 0.920 bits per heavy atom. The molecule has 2 aromatic carbocycles. The lowest BCUT2D eigenvalue weighted by atomic mass is 10.0. The van der Waals surface area contributed by atoms with Gasteiger partial charge in [-0.2, -0.15) is 0 Å². The summed E-state index contributed by atoms with van der Waals surface area (Å²) in [5.41, 5.74) is 2.07. The number of likely N-dealkylation sites (N-methyl/N-ethyl adjacent to an activating group) is 1. The Balaban J connectivity index is 2.23. The second kappa shape index (κ2) is 7.83. The highest BCUT2D eigenvalue weighted by Gasteiger charge is 2.25. The molecule has 5 nitrogen and oxygen atoms in total. The number of benzene rings is 2. The van der Waals surface area contributed by atoms with Crippen LogP contribution in [0.25, 0.3) is 0 Å². The Kier molecular flexibility index (Phi) is 5.80. The molecule has 1 atom stereocenters. The second-order valence-electron chi connectivity index (χ2n) is 5.92. The molecule has 2 rings (SSSR count). The van der Waals surface area contributed by atoms with Gasteiger partial charge >= 0.3 is 0 Å². The van der Waals surface area contributed by atoms with E-state index in [9.17, 15) is 9.59 Å². The van der Waals surface area contributed by atoms with Gasteiger partial charge in [0.15, 0.2) is 5.78 Å². The summed E-state index contributed by atoms with van der Waals surface area (Å²) in [4.78, 5) is 26.8. The fourth-order valence-corrected chi connectivity index (χ4v) is 2.45. The Morgan fingerprint density at radius 3 is 1.92 bits per heavy atom. The average Bonchev–Trinajstić information content (AvgIpc) is 2.65. The number of carbonyl (C=O) groups is 2. The first kappa shape index (κ1) is 18.5. The summed E-state index contributed by atoms with van der Waals surface area (Å²) in [7, 11) is 4.66. The quantitative estimate of drug-likeness (QED) is 0.756. The normalized spacial score (nSPS) is 11.6. The zero-order chi connectivity index (χ0) is 18.6. The van der Waals surface area contributed by atoms with Crippen molar-refractivity contribution >= 4 is 11.7 Å². The number of nitrogens with zero attached hydrogens (tertiary/aromatic N) is 1. The first-order valence-electron chi connectivity index (χ1n) is 7.98. The van der Waals surface area contributed by atoms with Crippen LogP contribution < -0.4 is 9.47 Å². The largest absolute Gasteiger partial charge is 0.497 e. The van der Waals surface area contributed by atoms with Crippen LogP contribution in [0, 0.1) is 6.92 Å². The summed E-state index contributed by atoms with van der Waals surface area (Å²) in [6, 6.07) is 11.7. The molecule has 25 heavy (non-hydrogen) atoms. The van der Waals surface area contributed by atoms with Gasteiger partial charge in [-0.3, -0.25) is 9.59 Å². The lowest BCUT2D eigenvalue weighted by Crippen LogP contribution is -2.40. The number of rotatable bonds is 6. The van der Waals surface area contributed by atoms with Gasteiger partial charge in [0.1, 0.15) is 11.5 Å². The smallest absolute Gasteiger partial charge is 0.254 e. The number of hydrogen-bond donors (Lipinski definition) is 0. The maximum Gasteiger partial charge on any atom is 0.254 e. The second-order valence-corrected chi connectivity index (χ2v) is 5.92. The molecule has 0 aromatic heterocycles. The molecule has 0 saturated carbocycles. The zero-order valence-corrected chi connectivity index (χ0v) is 15.2. The average molecular weight is 341 g/mol. The van der Waals surface area contributed by atoms with E-state index in [0.717, 1.165) is 5.56 Å². The molecule has 0 heterocycles. The molecule has 0 aliphatic heterocycles. The van der Waals surface area contributed by atoms with Gasteiger partial charge in [0, 0.05) is 24.2 Å². The van der Waals surface area contributed by atoms with E-state index < -0.39 is 6.04 Å². The molecule has 5 heteroatoms. The lowest BCUT2D eigenvalue weighted by Gasteiger charge is -2.24. The third kappa shape index (κ3) is 4.18. The number of amides is 1. The van der Waals surface area contributed by atoms with Crippen LogP contribution in [0.15, 0.2) is 42.5 Å². The van der Waals surface area contributed by atoms with E-state index in [4.69, 9.17) is 9.47 Å². The maximum absolute atomic E-state index is 12.8. The standard InChI is InChI=1S/C20H23NO4/c1-13-6-8-15(9-7-13)19(22)14(2)21(3)20(23)16-10-17(24-4)12-18(11-16)25-5/h6-12,14H,1-5H3. The van der Waals surface area contributed by atoms with Crippen LogP contribution in [-0.4, -0.2) is 43.9 Å². The highest BCUT2D eigenvalue weighted by atomic mass is 16.5. The summed E-state index contributed by atoms with van der Waals surface area (Å²) in [5, 5.41) is 0. The van der Waals surface area contributed by atoms with E-state index in [-0.39, 0.29) is 11.7 Å². The van der Waals surface area contributed by atoms with Crippen molar-refractivity contribution in [1.82, 2.24) is 4.90 Å². The third-order valence-corrected chi connectivity index (χ3v) is 4.22. The number of hydrogen-bond acceptors (Lipinski definition) is 4. The number of aryl methyl sites for hydroxylation is 1. The van der Waals surface area contributed by atoms with Gasteiger partial charge < -0.3 is 14.4 Å². The fourth-order valence-electron chi connectivity index (χ4n) is 2.45. The zero-order valence-electron chi connectivity index (χ0n) is 15.2. The van der Waals surface area contributed by atoms with E-state index in [2.05, 4.69) is 0 Å². The summed E-state index contributed by atoms with van der Waals surface area (Å²) in [5.74, 6) is 0.665. The van der Waals surface area contributed by atoms with Crippen molar-refractivity contribution in [2.45, 2.75) is 19.9 Å².